The van der Waals surface area contributed by atoms with Crippen LogP contribution in [0.3, 0.4) is 0 Å². The van der Waals surface area contributed by atoms with Gasteiger partial charge in [0.25, 0.3) is 9.05 Å². The van der Waals surface area contributed by atoms with E-state index in [1.165, 1.54) is 0 Å². The summed E-state index contributed by atoms with van der Waals surface area (Å²) in [6.45, 7) is 1.98. The maximum Gasteiger partial charge on any atom is 0.261 e. The Morgan fingerprint density at radius 3 is 2.75 bits per heavy atom. The van der Waals surface area contributed by atoms with E-state index in [2.05, 4.69) is 25.8 Å². The van der Waals surface area contributed by atoms with E-state index in [4.69, 9.17) is 15.4 Å². The summed E-state index contributed by atoms with van der Waals surface area (Å²) in [5.74, 6) is 0. The Morgan fingerprint density at radius 1 is 1.42 bits per heavy atom. The molecule has 1 aromatic rings. The Kier molecular flexibility index (Phi) is 3.72. The Balaban J connectivity index is 1.80. The smallest absolute Gasteiger partial charge is 0.261 e. The van der Waals surface area contributed by atoms with Crippen LogP contribution in [0.25, 0.3) is 0 Å². The van der Waals surface area contributed by atoms with Crippen LogP contribution in [0.1, 0.15) is 5.56 Å². The van der Waals surface area contributed by atoms with Gasteiger partial charge in [0.15, 0.2) is 6.29 Å². The fraction of sp³-hybridized carbons (Fsp3) is 0.400. The van der Waals surface area contributed by atoms with E-state index in [9.17, 15) is 8.42 Å². The van der Waals surface area contributed by atoms with Crippen LogP contribution in [0.15, 0.2) is 38.8 Å². The lowest BCUT2D eigenvalue weighted by molar-refractivity contribution is -0.0523. The third kappa shape index (κ3) is 2.47. The number of halogens is 2. The molecule has 3 aliphatic rings. The predicted molar refractivity (Wildman–Crippen MR) is 96.4 cm³/mol. The molecule has 0 N–H and O–H groups in total. The summed E-state index contributed by atoms with van der Waals surface area (Å²) in [5.41, 5.74) is 1.84. The molecule has 3 aliphatic heterocycles. The number of benzene rings is 1. The molecule has 1 spiro atoms. The molecule has 1 unspecified atom stereocenters. The molecule has 128 valence electrons. The zero-order valence-electron chi connectivity index (χ0n) is 12.8. The molecule has 1 saturated heterocycles. The van der Waals surface area contributed by atoms with Gasteiger partial charge >= 0.3 is 0 Å². The minimum atomic E-state index is -3.78. The lowest BCUT2D eigenvalue weighted by Crippen LogP contribution is -2.53. The molecule has 24 heavy (non-hydrogen) atoms. The van der Waals surface area contributed by atoms with Gasteiger partial charge in [0.05, 0.1) is 28.0 Å². The molecule has 0 amide bonds. The molecule has 3 heterocycles. The highest BCUT2D eigenvalue weighted by Crippen LogP contribution is 2.47. The van der Waals surface area contributed by atoms with E-state index in [0.29, 0.717) is 13.2 Å². The molecular formula is C15H15BrClN3O3S. The fourth-order valence-electron chi connectivity index (χ4n) is 3.48. The van der Waals surface area contributed by atoms with Crippen LogP contribution < -0.4 is 4.90 Å². The van der Waals surface area contributed by atoms with Crippen LogP contribution in [0.4, 0.5) is 5.69 Å². The van der Waals surface area contributed by atoms with Crippen LogP contribution in [-0.2, 0) is 19.2 Å². The van der Waals surface area contributed by atoms with Gasteiger partial charge in [-0.1, -0.05) is 6.07 Å². The van der Waals surface area contributed by atoms with Gasteiger partial charge < -0.3 is 14.5 Å². The molecule has 1 fully saturated rings. The van der Waals surface area contributed by atoms with E-state index in [0.717, 1.165) is 22.3 Å². The SMILES string of the molecule is CN1C=C(Br)C=NC1N1CC2(COC2)c2ccc(S(=O)(=O)Cl)cc21. The van der Waals surface area contributed by atoms with Crippen molar-refractivity contribution in [2.45, 2.75) is 16.6 Å². The second-order valence-corrected chi connectivity index (χ2v) is 9.80. The number of nitrogens with zero attached hydrogens (tertiary/aromatic N) is 3. The first kappa shape index (κ1) is 16.4. The molecule has 0 saturated carbocycles. The van der Waals surface area contributed by atoms with E-state index in [-0.39, 0.29) is 16.6 Å². The molecule has 4 rings (SSSR count). The maximum absolute atomic E-state index is 11.7. The Morgan fingerprint density at radius 2 is 2.17 bits per heavy atom. The van der Waals surface area contributed by atoms with Gasteiger partial charge in [-0.25, -0.2) is 13.4 Å². The molecule has 9 heteroatoms. The van der Waals surface area contributed by atoms with Gasteiger partial charge in [0, 0.05) is 42.4 Å². The normalized spacial score (nSPS) is 24.8. The number of rotatable bonds is 2. The minimum absolute atomic E-state index is 0.0985. The van der Waals surface area contributed by atoms with Crippen LogP contribution >= 0.6 is 26.6 Å². The molecular weight excluding hydrogens is 418 g/mol. The summed E-state index contributed by atoms with van der Waals surface area (Å²) in [6, 6.07) is 5.06. The average Bonchev–Trinajstić information content (AvgIpc) is 2.81. The Bertz CT molecular complexity index is 867. The van der Waals surface area contributed by atoms with Gasteiger partial charge in [-0.2, -0.15) is 0 Å². The lowest BCUT2D eigenvalue weighted by atomic mass is 9.81. The minimum Gasteiger partial charge on any atom is -0.379 e. The second-order valence-electron chi connectivity index (χ2n) is 6.32. The summed E-state index contributed by atoms with van der Waals surface area (Å²) < 4.78 is 29.8. The summed E-state index contributed by atoms with van der Waals surface area (Å²) in [5, 5.41) is 0. The number of ether oxygens (including phenoxy) is 1. The summed E-state index contributed by atoms with van der Waals surface area (Å²) >= 11 is 3.42. The zero-order valence-corrected chi connectivity index (χ0v) is 16.0. The predicted octanol–water partition coefficient (Wildman–Crippen LogP) is 2.24. The quantitative estimate of drug-likeness (QED) is 0.671. The number of hydrogen-bond acceptors (Lipinski definition) is 6. The van der Waals surface area contributed by atoms with Crippen LogP contribution in [0.5, 0.6) is 0 Å². The number of anilines is 1. The molecule has 0 bridgehead atoms. The fourth-order valence-corrected chi connectivity index (χ4v) is 4.70. The topological polar surface area (TPSA) is 62.2 Å². The highest BCUT2D eigenvalue weighted by molar-refractivity contribution is 9.12. The van der Waals surface area contributed by atoms with Gasteiger partial charge in [-0.15, -0.1) is 0 Å². The second kappa shape index (κ2) is 5.45. The highest BCUT2D eigenvalue weighted by atomic mass is 79.9. The van der Waals surface area contributed by atoms with E-state index in [1.807, 2.05) is 24.2 Å². The molecule has 1 atom stereocenters. The number of allylic oxidation sites excluding steroid dienone is 1. The Hall–Kier alpha value is -1.09. The lowest BCUT2D eigenvalue weighted by Gasteiger charge is -2.41. The van der Waals surface area contributed by atoms with Gasteiger partial charge in [0.1, 0.15) is 0 Å². The van der Waals surface area contributed by atoms with Gasteiger partial charge in [0.2, 0.25) is 0 Å². The summed E-state index contributed by atoms with van der Waals surface area (Å²) in [7, 11) is 3.69. The molecule has 0 aliphatic carbocycles. The van der Waals surface area contributed by atoms with Crippen LogP contribution in [0, 0.1) is 0 Å². The first-order valence-corrected chi connectivity index (χ1v) is 10.5. The van der Waals surface area contributed by atoms with Crippen molar-refractivity contribution in [3.05, 3.63) is 34.4 Å². The van der Waals surface area contributed by atoms with Crippen molar-refractivity contribution >= 4 is 47.6 Å². The van der Waals surface area contributed by atoms with Crippen molar-refractivity contribution < 1.29 is 13.2 Å². The van der Waals surface area contributed by atoms with Crippen LogP contribution in [-0.4, -0.2) is 52.6 Å². The highest BCUT2D eigenvalue weighted by Gasteiger charge is 2.50. The zero-order chi connectivity index (χ0) is 17.1. The van der Waals surface area contributed by atoms with E-state index >= 15 is 0 Å². The van der Waals surface area contributed by atoms with Crippen LogP contribution in [0.2, 0.25) is 0 Å². The average molecular weight is 433 g/mol. The third-order valence-corrected chi connectivity index (χ3v) is 6.42. The monoisotopic (exact) mass is 431 g/mol. The van der Waals surface area contributed by atoms with Crippen molar-refractivity contribution in [3.8, 4) is 0 Å². The van der Waals surface area contributed by atoms with E-state index in [1.54, 1.807) is 18.3 Å². The van der Waals surface area contributed by atoms with Crippen molar-refractivity contribution in [2.75, 3.05) is 31.7 Å². The van der Waals surface area contributed by atoms with E-state index < -0.39 is 9.05 Å². The largest absolute Gasteiger partial charge is 0.379 e. The van der Waals surface area contributed by atoms with Crippen molar-refractivity contribution in [1.82, 2.24) is 4.90 Å². The molecule has 0 radical (unpaired) electrons. The van der Waals surface area contributed by atoms with Crippen molar-refractivity contribution in [2.24, 2.45) is 4.99 Å². The van der Waals surface area contributed by atoms with Gasteiger partial charge in [-0.3, -0.25) is 0 Å². The summed E-state index contributed by atoms with van der Waals surface area (Å²) in [6.07, 6.45) is 3.47. The third-order valence-electron chi connectivity index (χ3n) is 4.66. The molecule has 6 nitrogen and oxygen atoms in total. The molecule has 1 aromatic carbocycles. The van der Waals surface area contributed by atoms with Crippen molar-refractivity contribution in [3.63, 3.8) is 0 Å². The first-order chi connectivity index (χ1) is 11.3. The van der Waals surface area contributed by atoms with Gasteiger partial charge in [-0.05, 0) is 33.6 Å². The Labute approximate surface area is 153 Å². The molecule has 0 aromatic heterocycles. The number of hydrogen-bond donors (Lipinski definition) is 0. The first-order valence-electron chi connectivity index (χ1n) is 7.36. The number of aliphatic imine (C=N–C) groups is 1. The standard InChI is InChI=1S/C15H15BrClN3O3S/c1-19-6-10(16)5-18-14(19)20-7-15(8-23-9-15)12-3-2-11(4-13(12)20)24(17,21)22/h2-6,14H,7-9H2,1H3. The van der Waals surface area contributed by atoms with Crippen molar-refractivity contribution in [1.29, 1.82) is 0 Å². The summed E-state index contributed by atoms with van der Waals surface area (Å²) in [4.78, 5) is 8.77. The number of fused-ring (bicyclic) bond motifs is 2. The maximum atomic E-state index is 11.7.